The van der Waals surface area contributed by atoms with Crippen LogP contribution in [-0.2, 0) is 62.3 Å². The van der Waals surface area contributed by atoms with Crippen LogP contribution in [0.15, 0.2) is 97.1 Å². The van der Waals surface area contributed by atoms with E-state index in [-0.39, 0.29) is 48.4 Å². The largest absolute Gasteiger partial charge is 0.457 e. The van der Waals surface area contributed by atoms with Crippen molar-refractivity contribution in [1.29, 1.82) is 0 Å². The van der Waals surface area contributed by atoms with Gasteiger partial charge in [-0.1, -0.05) is 76.6 Å². The predicted octanol–water partition coefficient (Wildman–Crippen LogP) is 11.5. The third-order valence-corrected chi connectivity index (χ3v) is 8.25. The van der Waals surface area contributed by atoms with Gasteiger partial charge in [0.1, 0.15) is 17.0 Å². The molecular formula is C36H27BrF12O4. The first kappa shape index (κ1) is 41.7. The Bertz CT molecular complexity index is 1760. The van der Waals surface area contributed by atoms with Gasteiger partial charge in [0.05, 0.1) is 42.1 Å². The van der Waals surface area contributed by atoms with Gasteiger partial charge in [-0.2, -0.15) is 52.7 Å². The highest BCUT2D eigenvalue weighted by Crippen LogP contribution is 2.45. The summed E-state index contributed by atoms with van der Waals surface area (Å²) in [5, 5.41) is 0. The summed E-state index contributed by atoms with van der Waals surface area (Å²) in [6.07, 6.45) is -19.9. The number of hydrogen-bond acceptors (Lipinski definition) is 4. The van der Waals surface area contributed by atoms with E-state index < -0.39 is 71.1 Å². The molecule has 0 bridgehead atoms. The first-order chi connectivity index (χ1) is 24.6. The number of hydrogen-bond donors (Lipinski definition) is 0. The van der Waals surface area contributed by atoms with Gasteiger partial charge in [-0.3, -0.25) is 4.79 Å². The van der Waals surface area contributed by atoms with E-state index in [1.54, 1.807) is 54.6 Å². The van der Waals surface area contributed by atoms with Crippen molar-refractivity contribution in [1.82, 2.24) is 0 Å². The van der Waals surface area contributed by atoms with Gasteiger partial charge >= 0.3 is 30.7 Å². The SMILES string of the molecule is FC(F)(F)c1cc(COCBr)cc(C(F)(F)F)c1.O=C1O[C@H](c2ccccc2)C[C@]1(COCc1cc(C(F)(F)F)cc(C(F)(F)F)c1)c1ccccc1. The number of carbonyl (C=O) groups excluding carboxylic acids is 1. The molecule has 1 aliphatic rings. The Morgan fingerprint density at radius 2 is 1.00 bits per heavy atom. The van der Waals surface area contributed by atoms with Crippen LogP contribution in [0, 0.1) is 0 Å². The lowest BCUT2D eigenvalue weighted by molar-refractivity contribution is -0.148. The molecule has 0 radical (unpaired) electrons. The molecule has 1 saturated heterocycles. The van der Waals surface area contributed by atoms with Crippen molar-refractivity contribution in [3.63, 3.8) is 0 Å². The van der Waals surface area contributed by atoms with E-state index in [0.29, 0.717) is 29.8 Å². The topological polar surface area (TPSA) is 44.8 Å². The first-order valence-corrected chi connectivity index (χ1v) is 16.4. The highest BCUT2D eigenvalue weighted by atomic mass is 79.9. The summed E-state index contributed by atoms with van der Waals surface area (Å²) < 4.78 is 170. The second-order valence-corrected chi connectivity index (χ2v) is 12.2. The maximum atomic E-state index is 13.2. The average molecular weight is 831 g/mol. The lowest BCUT2D eigenvalue weighted by atomic mass is 9.78. The highest BCUT2D eigenvalue weighted by molar-refractivity contribution is 9.09. The summed E-state index contributed by atoms with van der Waals surface area (Å²) in [7, 11) is 0. The minimum Gasteiger partial charge on any atom is -0.457 e. The summed E-state index contributed by atoms with van der Waals surface area (Å²) in [6, 6.07) is 20.3. The average Bonchev–Trinajstić information content (AvgIpc) is 3.43. The van der Waals surface area contributed by atoms with Crippen molar-refractivity contribution in [2.45, 2.75) is 55.9 Å². The number of benzene rings is 4. The van der Waals surface area contributed by atoms with Gasteiger partial charge in [0.2, 0.25) is 0 Å². The second-order valence-electron chi connectivity index (χ2n) is 11.7. The van der Waals surface area contributed by atoms with Crippen molar-refractivity contribution in [3.8, 4) is 0 Å². The third kappa shape index (κ3) is 11.0. The Morgan fingerprint density at radius 1 is 0.604 bits per heavy atom. The van der Waals surface area contributed by atoms with Gasteiger partial charge in [-0.25, -0.2) is 0 Å². The van der Waals surface area contributed by atoms with E-state index in [9.17, 15) is 57.5 Å². The van der Waals surface area contributed by atoms with Gasteiger partial charge in [0.15, 0.2) is 0 Å². The first-order valence-electron chi connectivity index (χ1n) is 15.2. The number of esters is 1. The number of ether oxygens (including phenoxy) is 3. The molecule has 1 fully saturated rings. The minimum absolute atomic E-state index is 0.0184. The molecule has 0 amide bonds. The lowest BCUT2D eigenvalue weighted by Crippen LogP contribution is -2.36. The zero-order valence-corrected chi connectivity index (χ0v) is 28.5. The molecule has 5 rings (SSSR count). The fourth-order valence-corrected chi connectivity index (χ4v) is 5.60. The van der Waals surface area contributed by atoms with Crippen LogP contribution in [0.25, 0.3) is 0 Å². The molecule has 1 heterocycles. The molecule has 0 saturated carbocycles. The molecule has 0 aromatic heterocycles. The van der Waals surface area contributed by atoms with Crippen LogP contribution >= 0.6 is 15.9 Å². The molecule has 0 spiro atoms. The van der Waals surface area contributed by atoms with E-state index in [4.69, 9.17) is 14.2 Å². The maximum Gasteiger partial charge on any atom is 0.416 e. The Kier molecular flexibility index (Phi) is 13.0. The van der Waals surface area contributed by atoms with E-state index >= 15 is 0 Å². The van der Waals surface area contributed by atoms with Crippen molar-refractivity contribution in [2.24, 2.45) is 0 Å². The molecule has 0 N–H and O–H groups in total. The summed E-state index contributed by atoms with van der Waals surface area (Å²) in [5.41, 5.74) is -5.91. The van der Waals surface area contributed by atoms with Crippen LogP contribution in [0.2, 0.25) is 0 Å². The van der Waals surface area contributed by atoms with E-state index in [1.165, 1.54) is 0 Å². The highest BCUT2D eigenvalue weighted by Gasteiger charge is 2.51. The molecule has 0 aliphatic carbocycles. The number of halogens is 13. The quantitative estimate of drug-likeness (QED) is 0.0957. The van der Waals surface area contributed by atoms with Crippen molar-refractivity contribution >= 4 is 21.9 Å². The molecule has 17 heteroatoms. The molecule has 4 aromatic carbocycles. The number of alkyl halides is 13. The van der Waals surface area contributed by atoms with Crippen LogP contribution in [0.1, 0.15) is 57.0 Å². The standard InChI is InChI=1S/C26H20F6O3.C10H7BrF6O/c27-25(28,29)20-11-17(12-21(13-20)26(30,31)32)15-34-16-24(19-9-5-2-6-10-19)14-22(35-23(24)33)18-7-3-1-4-8-18;11-5-18-4-6-1-7(9(12,13)14)3-8(2-6)10(15,16)17/h1-13,22H,14-16H2;1-3H,4-5H2/t22-,24-;/m0./s1. The van der Waals surface area contributed by atoms with Crippen LogP contribution < -0.4 is 0 Å². The minimum atomic E-state index is -4.96. The van der Waals surface area contributed by atoms with Crippen molar-refractivity contribution in [3.05, 3.63) is 142 Å². The second kappa shape index (κ2) is 16.5. The Morgan fingerprint density at radius 3 is 1.40 bits per heavy atom. The fourth-order valence-electron chi connectivity index (χ4n) is 5.44. The smallest absolute Gasteiger partial charge is 0.416 e. The Hall–Kier alpha value is -4.09. The monoisotopic (exact) mass is 830 g/mol. The van der Waals surface area contributed by atoms with E-state index in [0.717, 1.165) is 5.56 Å². The number of carbonyl (C=O) groups is 1. The predicted molar refractivity (Wildman–Crippen MR) is 169 cm³/mol. The molecule has 53 heavy (non-hydrogen) atoms. The third-order valence-electron chi connectivity index (χ3n) is 7.93. The van der Waals surface area contributed by atoms with Gasteiger partial charge < -0.3 is 14.2 Å². The van der Waals surface area contributed by atoms with E-state index in [2.05, 4.69) is 15.9 Å². The van der Waals surface area contributed by atoms with Crippen LogP contribution in [0.4, 0.5) is 52.7 Å². The van der Waals surface area contributed by atoms with Crippen LogP contribution in [0.5, 0.6) is 0 Å². The van der Waals surface area contributed by atoms with Crippen LogP contribution in [-0.4, -0.2) is 18.1 Å². The Balaban J connectivity index is 0.000000294. The van der Waals surface area contributed by atoms with Crippen LogP contribution in [0.3, 0.4) is 0 Å². The lowest BCUT2D eigenvalue weighted by Gasteiger charge is -2.25. The summed E-state index contributed by atoms with van der Waals surface area (Å²) >= 11 is 2.86. The van der Waals surface area contributed by atoms with Gasteiger partial charge in [-0.15, -0.1) is 0 Å². The van der Waals surface area contributed by atoms with Gasteiger partial charge in [0, 0.05) is 6.42 Å². The molecule has 0 unspecified atom stereocenters. The summed E-state index contributed by atoms with van der Waals surface area (Å²) in [6.45, 7) is -1.17. The van der Waals surface area contributed by atoms with Gasteiger partial charge in [-0.05, 0) is 58.7 Å². The molecule has 4 nitrogen and oxygen atoms in total. The van der Waals surface area contributed by atoms with Gasteiger partial charge in [0.25, 0.3) is 0 Å². The zero-order valence-electron chi connectivity index (χ0n) is 26.9. The molecule has 2 atom stereocenters. The number of cyclic esters (lactones) is 1. The Labute approximate surface area is 302 Å². The van der Waals surface area contributed by atoms with Crippen molar-refractivity contribution < 1.29 is 71.7 Å². The number of rotatable bonds is 9. The van der Waals surface area contributed by atoms with Crippen molar-refractivity contribution in [2.75, 3.05) is 12.1 Å². The maximum absolute atomic E-state index is 13.2. The fraction of sp³-hybridized carbons (Fsp3) is 0.306. The normalized spacial score (nSPS) is 18.0. The molecular weight excluding hydrogens is 804 g/mol. The summed E-state index contributed by atoms with van der Waals surface area (Å²) in [5.74, 6) is -0.572. The molecule has 4 aromatic rings. The summed E-state index contributed by atoms with van der Waals surface area (Å²) in [4.78, 5) is 13.1. The molecule has 286 valence electrons. The molecule has 1 aliphatic heterocycles. The van der Waals surface area contributed by atoms with E-state index in [1.807, 2.05) is 6.07 Å². The zero-order chi connectivity index (χ0) is 39.2.